The number of carbonyl (C=O) groups is 1. The predicted octanol–water partition coefficient (Wildman–Crippen LogP) is 2.19. The Morgan fingerprint density at radius 1 is 1.30 bits per heavy atom. The van der Waals surface area contributed by atoms with E-state index in [1.165, 1.54) is 31.5 Å². The van der Waals surface area contributed by atoms with E-state index >= 15 is 0 Å². The van der Waals surface area contributed by atoms with Gasteiger partial charge in [0.15, 0.2) is 0 Å². The average molecular weight is 353 g/mol. The van der Waals surface area contributed by atoms with Gasteiger partial charge in [-0.15, -0.1) is 11.3 Å². The number of thiazole rings is 1. The van der Waals surface area contributed by atoms with Gasteiger partial charge in [0, 0.05) is 25.2 Å². The summed E-state index contributed by atoms with van der Waals surface area (Å²) in [4.78, 5) is 16.5. The second kappa shape index (κ2) is 6.77. The minimum absolute atomic E-state index is 0.161. The minimum Gasteiger partial charge on any atom is -0.326 e. The van der Waals surface area contributed by atoms with Crippen molar-refractivity contribution in [2.75, 3.05) is 19.4 Å². The van der Waals surface area contributed by atoms with Crippen molar-refractivity contribution in [2.24, 2.45) is 0 Å². The molecule has 1 amide bonds. The molecule has 124 valence electrons. The van der Waals surface area contributed by atoms with Gasteiger partial charge in [0.05, 0.1) is 22.0 Å². The molecule has 1 N–H and O–H groups in total. The highest BCUT2D eigenvalue weighted by Crippen LogP contribution is 2.22. The second-order valence-corrected chi connectivity index (χ2v) is 8.53. The van der Waals surface area contributed by atoms with Crippen molar-refractivity contribution in [3.05, 3.63) is 39.8 Å². The molecule has 0 fully saturated rings. The van der Waals surface area contributed by atoms with E-state index in [-0.39, 0.29) is 17.2 Å². The first-order valence-electron chi connectivity index (χ1n) is 6.94. The van der Waals surface area contributed by atoms with Crippen LogP contribution in [0.1, 0.15) is 16.3 Å². The summed E-state index contributed by atoms with van der Waals surface area (Å²) in [7, 11) is -0.596. The number of benzene rings is 1. The number of hydrogen-bond donors (Lipinski definition) is 1. The molecular formula is C15H19N3O3S2. The fourth-order valence-corrected chi connectivity index (χ4v) is 3.77. The summed E-state index contributed by atoms with van der Waals surface area (Å²) in [6.45, 7) is 3.60. The molecule has 0 saturated carbocycles. The maximum atomic E-state index is 12.3. The van der Waals surface area contributed by atoms with Crippen LogP contribution in [-0.4, -0.2) is 37.7 Å². The van der Waals surface area contributed by atoms with Crippen LogP contribution in [0.4, 0.5) is 5.69 Å². The van der Waals surface area contributed by atoms with Gasteiger partial charge in [0.25, 0.3) is 0 Å². The highest BCUT2D eigenvalue weighted by atomic mass is 32.2. The summed E-state index contributed by atoms with van der Waals surface area (Å²) in [5, 5.41) is 5.47. The van der Waals surface area contributed by atoms with Crippen molar-refractivity contribution >= 4 is 33.0 Å². The van der Waals surface area contributed by atoms with E-state index in [9.17, 15) is 13.2 Å². The molecule has 2 rings (SSSR count). The maximum Gasteiger partial charge on any atom is 0.242 e. The van der Waals surface area contributed by atoms with Crippen LogP contribution >= 0.6 is 11.3 Å². The predicted molar refractivity (Wildman–Crippen MR) is 91.2 cm³/mol. The molecule has 23 heavy (non-hydrogen) atoms. The fourth-order valence-electron chi connectivity index (χ4n) is 2.01. The molecule has 0 radical (unpaired) electrons. The van der Waals surface area contributed by atoms with Crippen molar-refractivity contribution in [3.8, 4) is 0 Å². The van der Waals surface area contributed by atoms with Gasteiger partial charge in [-0.3, -0.25) is 4.79 Å². The molecule has 0 aliphatic rings. The second-order valence-electron chi connectivity index (χ2n) is 5.35. The molecule has 0 spiro atoms. The summed E-state index contributed by atoms with van der Waals surface area (Å²) in [6.07, 6.45) is 0.161. The minimum atomic E-state index is -3.55. The van der Waals surface area contributed by atoms with Crippen LogP contribution < -0.4 is 5.32 Å². The lowest BCUT2D eigenvalue weighted by Gasteiger charge is -2.15. The summed E-state index contributed by atoms with van der Waals surface area (Å²) >= 11 is 1.49. The fraction of sp³-hybridized carbons (Fsp3) is 0.333. The third kappa shape index (κ3) is 4.15. The number of amides is 1. The number of aryl methyl sites for hydroxylation is 2. The van der Waals surface area contributed by atoms with E-state index in [2.05, 4.69) is 10.3 Å². The maximum absolute atomic E-state index is 12.3. The van der Waals surface area contributed by atoms with Crippen LogP contribution in [0.3, 0.4) is 0 Å². The number of hydrogen-bond acceptors (Lipinski definition) is 5. The molecule has 1 aromatic heterocycles. The number of aromatic nitrogens is 1. The Kier molecular flexibility index (Phi) is 5.18. The zero-order valence-corrected chi connectivity index (χ0v) is 15.1. The number of nitrogens with zero attached hydrogens (tertiary/aromatic N) is 2. The molecule has 1 heterocycles. The Bertz CT molecular complexity index is 826. The Morgan fingerprint density at radius 3 is 2.57 bits per heavy atom. The lowest BCUT2D eigenvalue weighted by molar-refractivity contribution is -0.115. The molecule has 0 unspecified atom stereocenters. The van der Waals surface area contributed by atoms with E-state index in [1.807, 2.05) is 12.3 Å². The highest BCUT2D eigenvalue weighted by Gasteiger charge is 2.20. The molecule has 0 bridgehead atoms. The largest absolute Gasteiger partial charge is 0.326 e. The topological polar surface area (TPSA) is 79.4 Å². The van der Waals surface area contributed by atoms with Crippen molar-refractivity contribution < 1.29 is 13.2 Å². The van der Waals surface area contributed by atoms with E-state index in [1.54, 1.807) is 19.1 Å². The van der Waals surface area contributed by atoms with Crippen LogP contribution in [0.2, 0.25) is 0 Å². The Hall–Kier alpha value is -1.77. The smallest absolute Gasteiger partial charge is 0.242 e. The first-order valence-corrected chi connectivity index (χ1v) is 9.26. The van der Waals surface area contributed by atoms with Crippen LogP contribution in [0.15, 0.2) is 28.5 Å². The quantitative estimate of drug-likeness (QED) is 0.894. The van der Waals surface area contributed by atoms with E-state index in [4.69, 9.17) is 0 Å². The van der Waals surface area contributed by atoms with Gasteiger partial charge in [0.1, 0.15) is 0 Å². The molecule has 6 nitrogen and oxygen atoms in total. The zero-order chi connectivity index (χ0) is 17.2. The lowest BCUT2D eigenvalue weighted by atomic mass is 10.2. The monoisotopic (exact) mass is 353 g/mol. The van der Waals surface area contributed by atoms with Crippen molar-refractivity contribution in [1.82, 2.24) is 9.29 Å². The lowest BCUT2D eigenvalue weighted by Crippen LogP contribution is -2.23. The molecular weight excluding hydrogens is 334 g/mol. The van der Waals surface area contributed by atoms with Gasteiger partial charge in [0.2, 0.25) is 15.9 Å². The molecule has 0 aliphatic heterocycles. The van der Waals surface area contributed by atoms with Crippen LogP contribution in [-0.2, 0) is 21.2 Å². The molecule has 0 saturated heterocycles. The molecule has 0 atom stereocenters. The normalized spacial score (nSPS) is 11.7. The number of anilines is 1. The molecule has 0 aliphatic carbocycles. The van der Waals surface area contributed by atoms with E-state index in [0.29, 0.717) is 16.9 Å². The molecule has 8 heteroatoms. The van der Waals surface area contributed by atoms with Crippen molar-refractivity contribution in [1.29, 1.82) is 0 Å². The average Bonchev–Trinajstić information content (AvgIpc) is 2.85. The standard InChI is InChI=1S/C15H19N3O3S2/c1-10-5-6-12(7-14(10)23(20,21)18(3)4)17-15(19)8-13-9-22-11(2)16-13/h5-7,9H,8H2,1-4H3,(H,17,19). The van der Waals surface area contributed by atoms with Crippen LogP contribution in [0.25, 0.3) is 0 Å². The summed E-state index contributed by atoms with van der Waals surface area (Å²) in [5.41, 5.74) is 1.79. The number of carbonyl (C=O) groups excluding carboxylic acids is 1. The van der Waals surface area contributed by atoms with Gasteiger partial charge >= 0.3 is 0 Å². The Labute approximate surface area is 140 Å². The Balaban J connectivity index is 2.19. The first-order chi connectivity index (χ1) is 10.7. The van der Waals surface area contributed by atoms with Gasteiger partial charge in [-0.05, 0) is 31.5 Å². The highest BCUT2D eigenvalue weighted by molar-refractivity contribution is 7.89. The summed E-state index contributed by atoms with van der Waals surface area (Å²) in [5.74, 6) is -0.229. The number of nitrogens with one attached hydrogen (secondary N) is 1. The van der Waals surface area contributed by atoms with Gasteiger partial charge in [-0.25, -0.2) is 17.7 Å². The van der Waals surface area contributed by atoms with Gasteiger partial charge in [-0.1, -0.05) is 6.07 Å². The van der Waals surface area contributed by atoms with Gasteiger partial charge < -0.3 is 5.32 Å². The molecule has 2 aromatic rings. The SMILES string of the molecule is Cc1nc(CC(=O)Nc2ccc(C)c(S(=O)(=O)N(C)C)c2)cs1. The first kappa shape index (κ1) is 17.6. The van der Waals surface area contributed by atoms with E-state index < -0.39 is 10.0 Å². The van der Waals surface area contributed by atoms with Crippen LogP contribution in [0.5, 0.6) is 0 Å². The summed E-state index contributed by atoms with van der Waals surface area (Å²) in [6, 6.07) is 4.85. The van der Waals surface area contributed by atoms with E-state index in [0.717, 1.165) is 9.31 Å². The zero-order valence-electron chi connectivity index (χ0n) is 13.5. The number of rotatable bonds is 5. The van der Waals surface area contributed by atoms with Crippen molar-refractivity contribution in [2.45, 2.75) is 25.2 Å². The van der Waals surface area contributed by atoms with Crippen LogP contribution in [0, 0.1) is 13.8 Å². The van der Waals surface area contributed by atoms with Crippen molar-refractivity contribution in [3.63, 3.8) is 0 Å². The third-order valence-electron chi connectivity index (χ3n) is 3.24. The number of sulfonamides is 1. The van der Waals surface area contributed by atoms with Gasteiger partial charge in [-0.2, -0.15) is 0 Å². The molecule has 1 aromatic carbocycles. The third-order valence-corrected chi connectivity index (χ3v) is 6.02. The summed E-state index contributed by atoms with van der Waals surface area (Å²) < 4.78 is 25.7. The Morgan fingerprint density at radius 2 is 2.00 bits per heavy atom.